The van der Waals surface area contributed by atoms with Crippen molar-refractivity contribution in [3.05, 3.63) is 75.7 Å². The number of benzene rings is 1. The first-order chi connectivity index (χ1) is 14.6. The quantitative estimate of drug-likeness (QED) is 0.483. The lowest BCUT2D eigenvalue weighted by atomic mass is 9.97. The van der Waals surface area contributed by atoms with Crippen LogP contribution in [0.3, 0.4) is 0 Å². The zero-order chi connectivity index (χ0) is 21.1. The first kappa shape index (κ1) is 19.8. The van der Waals surface area contributed by atoms with E-state index in [0.717, 1.165) is 35.3 Å². The summed E-state index contributed by atoms with van der Waals surface area (Å²) in [5.74, 6) is 0.471. The molecule has 3 heterocycles. The van der Waals surface area contributed by atoms with Crippen molar-refractivity contribution in [2.75, 3.05) is 6.54 Å². The lowest BCUT2D eigenvalue weighted by Gasteiger charge is -2.10. The molecule has 0 saturated carbocycles. The molecule has 1 aliphatic rings. The van der Waals surface area contributed by atoms with Crippen molar-refractivity contribution in [1.82, 2.24) is 20.1 Å². The molecule has 7 nitrogen and oxygen atoms in total. The Morgan fingerprint density at radius 2 is 2.17 bits per heavy atom. The van der Waals surface area contributed by atoms with E-state index in [9.17, 15) is 10.1 Å². The number of nitriles is 1. The Hall–Kier alpha value is -3.50. The Kier molecular flexibility index (Phi) is 5.59. The Labute approximate surface area is 175 Å². The van der Waals surface area contributed by atoms with Crippen LogP contribution < -0.4 is 5.32 Å². The fraction of sp³-hybridized carbons (Fsp3) is 0.304. The average Bonchev–Trinajstić information content (AvgIpc) is 3.37. The van der Waals surface area contributed by atoms with Gasteiger partial charge in [-0.3, -0.25) is 0 Å². The van der Waals surface area contributed by atoms with Crippen molar-refractivity contribution >= 4 is 5.97 Å². The Morgan fingerprint density at radius 3 is 2.87 bits per heavy atom. The molecule has 0 saturated heterocycles. The molecule has 0 spiro atoms. The summed E-state index contributed by atoms with van der Waals surface area (Å²) in [7, 11) is 0. The van der Waals surface area contributed by atoms with Gasteiger partial charge in [-0.2, -0.15) is 10.4 Å². The van der Waals surface area contributed by atoms with E-state index in [1.54, 1.807) is 10.9 Å². The van der Waals surface area contributed by atoms with Crippen LogP contribution in [-0.2, 0) is 30.7 Å². The molecule has 7 heteroatoms. The maximum absolute atomic E-state index is 11.6. The second kappa shape index (κ2) is 8.47. The topological polar surface area (TPSA) is 92.8 Å². The third kappa shape index (κ3) is 3.82. The second-order valence-corrected chi connectivity index (χ2v) is 7.30. The van der Waals surface area contributed by atoms with Gasteiger partial charge in [0.15, 0.2) is 5.82 Å². The third-order valence-corrected chi connectivity index (χ3v) is 5.47. The molecule has 1 N–H and O–H groups in total. The number of carbonyl (C=O) groups excluding carboxylic acids is 1. The molecule has 2 aromatic heterocycles. The molecule has 0 amide bonds. The number of nitrogens with one attached hydrogen (secondary N) is 1. The van der Waals surface area contributed by atoms with Crippen molar-refractivity contribution in [3.8, 4) is 11.9 Å². The van der Waals surface area contributed by atoms with Crippen LogP contribution in [0.5, 0.6) is 0 Å². The van der Waals surface area contributed by atoms with Gasteiger partial charge in [-0.15, -0.1) is 0 Å². The number of pyridine rings is 1. The molecule has 0 atom stereocenters. The molecule has 30 heavy (non-hydrogen) atoms. The Balaban J connectivity index is 1.33. The highest BCUT2D eigenvalue weighted by atomic mass is 16.5. The molecule has 0 radical (unpaired) electrons. The molecule has 3 aromatic rings. The molecule has 1 aliphatic heterocycles. The van der Waals surface area contributed by atoms with Crippen molar-refractivity contribution in [2.45, 2.75) is 39.8 Å². The zero-order valence-electron chi connectivity index (χ0n) is 17.1. The second-order valence-electron chi connectivity index (χ2n) is 7.30. The van der Waals surface area contributed by atoms with E-state index < -0.39 is 0 Å². The molecule has 0 aliphatic carbocycles. The minimum atomic E-state index is -0.224. The van der Waals surface area contributed by atoms with Gasteiger partial charge < -0.3 is 10.1 Å². The van der Waals surface area contributed by atoms with E-state index in [1.807, 2.05) is 37.4 Å². The number of nitrogens with zero attached hydrogens (tertiary/aromatic N) is 4. The van der Waals surface area contributed by atoms with Gasteiger partial charge in [-0.1, -0.05) is 19.1 Å². The molecular weight excluding hydrogens is 378 g/mol. The van der Waals surface area contributed by atoms with Crippen molar-refractivity contribution in [1.29, 1.82) is 5.26 Å². The number of hydrogen-bond donors (Lipinski definition) is 1. The van der Waals surface area contributed by atoms with Gasteiger partial charge in [0.2, 0.25) is 0 Å². The molecule has 0 unspecified atom stereocenters. The number of fused-ring (bicyclic) bond motifs is 1. The Morgan fingerprint density at radius 1 is 1.30 bits per heavy atom. The first-order valence-electron chi connectivity index (χ1n) is 10.0. The SMILES string of the molecule is CCc1nn(-c2ccc(CNCCc3ccc4c(c3C)COC4=O)cn2)cc1C#N. The number of cyclic esters (lactones) is 1. The molecule has 4 rings (SSSR count). The molecule has 152 valence electrons. The van der Waals surface area contributed by atoms with Crippen LogP contribution in [0.25, 0.3) is 5.82 Å². The standard InChI is InChI=1S/C23H23N5O2/c1-3-21-18(10-24)13-28(27-21)22-7-4-16(12-26-22)11-25-9-8-17-5-6-19-20(15(17)2)14-30-23(19)29/h4-7,12-13,25H,3,8-9,11,14H2,1-2H3. The number of aryl methyl sites for hydroxylation is 1. The maximum atomic E-state index is 11.6. The van der Waals surface area contributed by atoms with Crippen molar-refractivity contribution < 1.29 is 9.53 Å². The van der Waals surface area contributed by atoms with Crippen molar-refractivity contribution in [3.63, 3.8) is 0 Å². The third-order valence-electron chi connectivity index (χ3n) is 5.47. The van der Waals surface area contributed by atoms with Gasteiger partial charge >= 0.3 is 5.97 Å². The van der Waals surface area contributed by atoms with Crippen LogP contribution in [0.4, 0.5) is 0 Å². The first-order valence-corrected chi connectivity index (χ1v) is 10.0. The van der Waals surface area contributed by atoms with Crippen LogP contribution >= 0.6 is 0 Å². The minimum absolute atomic E-state index is 0.224. The van der Waals surface area contributed by atoms with Gasteiger partial charge in [0, 0.05) is 18.3 Å². The Bertz CT molecular complexity index is 1130. The summed E-state index contributed by atoms with van der Waals surface area (Å²) < 4.78 is 6.77. The summed E-state index contributed by atoms with van der Waals surface area (Å²) in [4.78, 5) is 16.1. The largest absolute Gasteiger partial charge is 0.457 e. The predicted molar refractivity (Wildman–Crippen MR) is 111 cm³/mol. The van der Waals surface area contributed by atoms with Crippen molar-refractivity contribution in [2.24, 2.45) is 0 Å². The van der Waals surface area contributed by atoms with Gasteiger partial charge in [0.25, 0.3) is 0 Å². The lowest BCUT2D eigenvalue weighted by Crippen LogP contribution is -2.17. The molecule has 1 aromatic carbocycles. The zero-order valence-corrected chi connectivity index (χ0v) is 17.1. The molecule has 0 bridgehead atoms. The number of carbonyl (C=O) groups is 1. The van der Waals surface area contributed by atoms with Gasteiger partial charge in [0.05, 0.1) is 23.0 Å². The number of aromatic nitrogens is 3. The van der Waals surface area contributed by atoms with Crippen LogP contribution in [0.15, 0.2) is 36.7 Å². The van der Waals surface area contributed by atoms with Crippen LogP contribution in [0.1, 0.15) is 50.8 Å². The van der Waals surface area contributed by atoms with Crippen LogP contribution in [-0.4, -0.2) is 27.3 Å². The maximum Gasteiger partial charge on any atom is 0.338 e. The summed E-state index contributed by atoms with van der Waals surface area (Å²) in [5, 5.41) is 17.1. The summed E-state index contributed by atoms with van der Waals surface area (Å²) in [6.07, 6.45) is 5.13. The average molecular weight is 401 g/mol. The summed E-state index contributed by atoms with van der Waals surface area (Å²) in [6.45, 7) is 5.94. The number of esters is 1. The van der Waals surface area contributed by atoms with Crippen LogP contribution in [0, 0.1) is 18.3 Å². The highest BCUT2D eigenvalue weighted by Crippen LogP contribution is 2.26. The summed E-state index contributed by atoms with van der Waals surface area (Å²) in [5.41, 5.74) is 6.53. The van der Waals surface area contributed by atoms with Gasteiger partial charge in [-0.25, -0.2) is 14.5 Å². The van der Waals surface area contributed by atoms with E-state index in [-0.39, 0.29) is 5.97 Å². The van der Waals surface area contributed by atoms with Crippen LogP contribution in [0.2, 0.25) is 0 Å². The number of hydrogen-bond acceptors (Lipinski definition) is 6. The summed E-state index contributed by atoms with van der Waals surface area (Å²) in [6, 6.07) is 9.98. The predicted octanol–water partition coefficient (Wildman–Crippen LogP) is 3.01. The van der Waals surface area contributed by atoms with Gasteiger partial charge in [0.1, 0.15) is 12.7 Å². The van der Waals surface area contributed by atoms with Gasteiger partial charge in [-0.05, 0) is 55.1 Å². The number of ether oxygens (including phenoxy) is 1. The van der Waals surface area contributed by atoms with E-state index in [2.05, 4.69) is 28.4 Å². The highest BCUT2D eigenvalue weighted by molar-refractivity contribution is 5.93. The van der Waals surface area contributed by atoms with E-state index in [1.165, 1.54) is 5.56 Å². The minimum Gasteiger partial charge on any atom is -0.457 e. The normalized spacial score (nSPS) is 12.5. The monoisotopic (exact) mass is 401 g/mol. The number of rotatable bonds is 7. The molecular formula is C23H23N5O2. The lowest BCUT2D eigenvalue weighted by molar-refractivity contribution is 0.0535. The van der Waals surface area contributed by atoms with E-state index >= 15 is 0 Å². The fourth-order valence-corrected chi connectivity index (χ4v) is 3.66. The smallest absolute Gasteiger partial charge is 0.338 e. The summed E-state index contributed by atoms with van der Waals surface area (Å²) >= 11 is 0. The van der Waals surface area contributed by atoms with E-state index in [0.29, 0.717) is 36.5 Å². The molecule has 0 fully saturated rings. The van der Waals surface area contributed by atoms with E-state index in [4.69, 9.17) is 4.74 Å². The highest BCUT2D eigenvalue weighted by Gasteiger charge is 2.23. The fourth-order valence-electron chi connectivity index (χ4n) is 3.66.